The second kappa shape index (κ2) is 99.1. The Morgan fingerprint density at radius 1 is 0.221 bits per heavy atom. The maximum Gasteiger partial charge on any atom is 0 e. The van der Waals surface area contributed by atoms with Crippen LogP contribution in [0.3, 0.4) is 0 Å². The Hall–Kier alpha value is -4.52. The van der Waals surface area contributed by atoms with E-state index < -0.39 is 0 Å². The Morgan fingerprint density at radius 2 is 0.379 bits per heavy atom. The van der Waals surface area contributed by atoms with Crippen LogP contribution in [0, 0.1) is 85.1 Å². The van der Waals surface area contributed by atoms with Crippen LogP contribution in [0.5, 0.6) is 0 Å². The zero-order valence-electron chi connectivity index (χ0n) is 93.0. The molecule has 20 heteroatoms. The molecule has 8 aromatic carbocycles. The summed E-state index contributed by atoms with van der Waals surface area (Å²) in [7, 11) is 0. The van der Waals surface area contributed by atoms with Crippen LogP contribution in [0.15, 0.2) is 218 Å². The van der Waals surface area contributed by atoms with Crippen molar-refractivity contribution in [1.29, 1.82) is 0 Å². The third kappa shape index (κ3) is 92.1. The van der Waals surface area contributed by atoms with Crippen LogP contribution in [0.2, 0.25) is 0 Å². The number of aryl methyl sites for hydroxylation is 4. The molecule has 4 aliphatic carbocycles. The number of benzene rings is 8. The predicted molar refractivity (Wildman–Crippen MR) is 612 cm³/mol. The molecule has 12 rings (SSSR count). The van der Waals surface area contributed by atoms with Crippen LogP contribution in [0.1, 0.15) is 311 Å². The number of hydrogen-bond acceptors (Lipinski definition) is 0. The van der Waals surface area contributed by atoms with Crippen LogP contribution < -0.4 is 0 Å². The molecule has 0 saturated heterocycles. The Bertz CT molecular complexity index is 3310. The summed E-state index contributed by atoms with van der Waals surface area (Å²) >= 11 is 0. The molecule has 0 unspecified atom stereocenters. The fourth-order valence-corrected chi connectivity index (χ4v) is 14.5. The van der Waals surface area contributed by atoms with Gasteiger partial charge >= 0.3 is 0 Å². The molecule has 16 nitrogen and oxygen atoms in total. The van der Waals surface area contributed by atoms with E-state index in [0.29, 0.717) is 48.3 Å². The van der Waals surface area contributed by atoms with Gasteiger partial charge in [-0.1, -0.05) is 369 Å². The summed E-state index contributed by atoms with van der Waals surface area (Å²) in [5.41, 5.74) is 13.2. The fraction of sp³-hybridized carbons (Fsp3) is 0.533. The summed E-state index contributed by atoms with van der Waals surface area (Å²) in [6, 6.07) is 76.3. The Morgan fingerprint density at radius 3 is 0.507 bits per heavy atom. The van der Waals surface area contributed by atoms with Crippen molar-refractivity contribution in [2.24, 2.45) is 0 Å². The largest absolute Gasteiger partial charge is 0.697 e. The van der Waals surface area contributed by atoms with Crippen molar-refractivity contribution >= 4 is 22.7 Å². The van der Waals surface area contributed by atoms with Crippen molar-refractivity contribution in [2.45, 2.75) is 392 Å². The molecule has 0 amide bonds. The van der Waals surface area contributed by atoms with Gasteiger partial charge in [0.2, 0.25) is 0 Å². The molecule has 4 fully saturated rings. The van der Waals surface area contributed by atoms with Gasteiger partial charge in [0, 0.05) is 104 Å². The Labute approximate surface area is 942 Å². The summed E-state index contributed by atoms with van der Waals surface area (Å²) in [6.45, 7) is 67.9. The second-order valence-corrected chi connectivity index (χ2v) is 35.6. The zero-order chi connectivity index (χ0) is 97.9. The molecule has 792 valence electrons. The molecule has 4 aliphatic rings. The third-order valence-electron chi connectivity index (χ3n) is 20.7. The molecule has 0 aliphatic heterocycles. The van der Waals surface area contributed by atoms with E-state index in [1.807, 2.05) is 239 Å². The minimum absolute atomic E-state index is 0. The van der Waals surface area contributed by atoms with Gasteiger partial charge in [-0.15, -0.1) is 161 Å². The average molecular weight is 2310 g/mol. The van der Waals surface area contributed by atoms with Crippen molar-refractivity contribution in [2.75, 3.05) is 26.2 Å². The van der Waals surface area contributed by atoms with E-state index in [0.717, 1.165) is 71.2 Å². The minimum atomic E-state index is -0.0598. The minimum Gasteiger partial charge on any atom is -0.697 e. The summed E-state index contributed by atoms with van der Waals surface area (Å²) < 4.78 is 0. The Kier molecular flexibility index (Phi) is 107. The third-order valence-corrected chi connectivity index (χ3v) is 20.7. The topological polar surface area (TPSA) is 226 Å². The van der Waals surface area contributed by atoms with Gasteiger partial charge in [0.05, 0.1) is 0 Å². The molecule has 0 heterocycles. The van der Waals surface area contributed by atoms with Gasteiger partial charge in [-0.05, 0) is 27.7 Å². The monoisotopic (exact) mass is 2310 g/mol. The van der Waals surface area contributed by atoms with Crippen molar-refractivity contribution in [3.05, 3.63) is 405 Å². The fourth-order valence-electron chi connectivity index (χ4n) is 14.5. The first-order valence-corrected chi connectivity index (χ1v) is 50.0. The molecule has 0 N–H and O–H groups in total. The van der Waals surface area contributed by atoms with Crippen molar-refractivity contribution in [3.63, 3.8) is 0 Å². The first kappa shape index (κ1) is 151. The van der Waals surface area contributed by atoms with Crippen LogP contribution in [-0.4, -0.2) is 124 Å². The number of nitrogens with zero attached hydrogens (tertiary/aromatic N) is 16. The second-order valence-electron chi connectivity index (χ2n) is 35.6. The quantitative estimate of drug-likeness (QED) is 0.0283. The molecule has 4 saturated carbocycles. The smallest absolute Gasteiger partial charge is 0 e. The summed E-state index contributed by atoms with van der Waals surface area (Å²) in [5, 5.41) is 71.7. The van der Waals surface area contributed by atoms with E-state index >= 15 is 0 Å². The molecule has 0 bridgehead atoms. The van der Waals surface area contributed by atoms with Gasteiger partial charge < -0.3 is 115 Å². The van der Waals surface area contributed by atoms with E-state index in [-0.39, 0.29) is 183 Å². The summed E-state index contributed by atoms with van der Waals surface area (Å²) in [5.74, 6) is 0. The van der Waals surface area contributed by atoms with E-state index in [4.69, 9.17) is 21.3 Å². The number of hydrogen-bond donors (Lipinski definition) is 0. The maximum absolute atomic E-state index is 4.86. The van der Waals surface area contributed by atoms with Crippen molar-refractivity contribution < 1.29 is 104 Å². The van der Waals surface area contributed by atoms with Gasteiger partial charge in [0.15, 0.2) is 0 Å². The van der Waals surface area contributed by atoms with Crippen LogP contribution >= 0.6 is 0 Å². The van der Waals surface area contributed by atoms with Gasteiger partial charge in [-0.2, -0.15) is 125 Å². The zero-order valence-corrected chi connectivity index (χ0v) is 104. The van der Waals surface area contributed by atoms with Crippen LogP contribution in [0.4, 0.5) is 22.7 Å². The molecule has 0 atom stereocenters. The predicted octanol–water partition coefficient (Wildman–Crippen LogP) is 39.5. The van der Waals surface area contributed by atoms with Gasteiger partial charge in [-0.3, -0.25) is 0 Å². The Balaban J connectivity index is -0.000000229. The molecule has 140 heavy (non-hydrogen) atoms. The first-order chi connectivity index (χ1) is 63.2. The number of rotatable bonds is 32. The van der Waals surface area contributed by atoms with E-state index in [2.05, 4.69) is 237 Å². The van der Waals surface area contributed by atoms with Gasteiger partial charge in [0.1, 0.15) is 0 Å². The molecular formula is C120H192HfN16Zr3-24. The average Bonchev–Trinajstić information content (AvgIpc) is 0.897. The van der Waals surface area contributed by atoms with Crippen LogP contribution in [-0.2, 0) is 104 Å². The van der Waals surface area contributed by atoms with E-state index in [1.165, 1.54) is 151 Å². The normalized spacial score (nSPS) is 13.1. The summed E-state index contributed by atoms with van der Waals surface area (Å²) in [6.07, 6.45) is 28.3. The van der Waals surface area contributed by atoms with Crippen LogP contribution in [0.25, 0.3) is 85.1 Å². The molecule has 0 aromatic heterocycles. The summed E-state index contributed by atoms with van der Waals surface area (Å²) in [4.78, 5) is 0. The first-order valence-electron chi connectivity index (χ1n) is 50.0. The molecular weight excluding hydrogens is 2120 g/mol. The van der Waals surface area contributed by atoms with Gasteiger partial charge in [0.25, 0.3) is 0 Å². The van der Waals surface area contributed by atoms with Gasteiger partial charge in [-0.25, -0.2) is 49.3 Å². The van der Waals surface area contributed by atoms with Crippen molar-refractivity contribution in [3.8, 4) is 0 Å². The van der Waals surface area contributed by atoms with E-state index in [1.54, 1.807) is 0 Å². The van der Waals surface area contributed by atoms with Crippen molar-refractivity contribution in [1.82, 2.24) is 0 Å². The molecule has 8 aromatic rings. The SMILES string of the molecule is CC(C)[N-]C(C)[N-]C(C)C.CC(C)[N-]C(C)[N-]C(C)C.CC([N-]C1CCCCC1)[N-]C1CCCCC1.CC([N-]C1CCCCC1)[N-]C1CCCCC1.CC[N-]C(C)[N-]CC.CC[N-]C(C)[N-]CC.Cc1ccc([N-]C(C)[N-]c2ccc(C)cc2)cc1.Cc1ccc([N-]C(C)[N-]c2ccc(C)cc2)cc1.[CH2-]c1ccccc1.[CH2-]c1ccccc1.[CH2-]c1ccccc1.[CH2-]c1ccccc1.[CH3-].[CH3-].[CH3-].[CH3-].[Hf].[Zr].[Zr].[Zr]. The molecule has 0 radical (unpaired) electrons. The standard InChI is InChI=1S/2C16H18N2.2C14H26N2.2C8H18N2.4C7H7.2C6H14N2.4CH3.Hf.3Zr/c2*1-12-4-8-15(9-5-12)17-14(3)18-16-10-6-13(2)7-11-16;2*1-12(15-13-8-4-2-5-9-13)16-14-10-6-3-7-11-14;2*1-6(2)9-8(5)10-7(3)4;4*1-7-5-3-2-4-6-7;2*1-4-7-6(3)8-5-2;;;;;;;;/h2*4-11,14H,1-3H3;2*12-14H,2-11H2,1H3;2*6-8H,1-5H3;4*2-6H,1H2;2*6H,4-5H2,1-3H3;4*1H3;;;;/q6*-2;4*-1;2*-2;4*-1;;;;. The molecule has 0 spiro atoms. The van der Waals surface area contributed by atoms with E-state index in [9.17, 15) is 0 Å². The maximum atomic E-state index is 4.86.